The molecule has 0 aromatic carbocycles. The quantitative estimate of drug-likeness (QED) is 0.283. The average molecular weight is 526 g/mol. The third kappa shape index (κ3) is 12.8. The van der Waals surface area contributed by atoms with Gasteiger partial charge in [0.15, 0.2) is 5.96 Å². The second-order valence-electron chi connectivity index (χ2n) is 8.96. The first-order valence-corrected chi connectivity index (χ1v) is 9.85. The zero-order chi connectivity index (χ0) is 21.4. The Morgan fingerprint density at radius 2 is 1.59 bits per heavy atom. The number of hydrogen-bond donors (Lipinski definition) is 3. The summed E-state index contributed by atoms with van der Waals surface area (Å²) in [7, 11) is 1.68. The van der Waals surface area contributed by atoms with E-state index in [-0.39, 0.29) is 48.1 Å². The van der Waals surface area contributed by atoms with Crippen molar-refractivity contribution < 1.29 is 14.3 Å². The van der Waals surface area contributed by atoms with Crippen LogP contribution < -0.4 is 16.0 Å². The molecule has 10 heteroatoms. The molecule has 1 saturated heterocycles. The molecule has 3 N–H and O–H groups in total. The number of halogens is 1. The minimum absolute atomic E-state index is 0. The molecule has 29 heavy (non-hydrogen) atoms. The third-order valence-electron chi connectivity index (χ3n) is 3.90. The number of nitrogens with zero attached hydrogens (tertiary/aromatic N) is 3. The van der Waals surface area contributed by atoms with Crippen LogP contribution in [-0.4, -0.2) is 91.8 Å². The molecule has 0 atom stereocenters. The van der Waals surface area contributed by atoms with Gasteiger partial charge in [0.25, 0.3) is 0 Å². The van der Waals surface area contributed by atoms with Crippen molar-refractivity contribution in [2.24, 2.45) is 4.99 Å². The Labute approximate surface area is 192 Å². The van der Waals surface area contributed by atoms with Crippen molar-refractivity contribution in [3.63, 3.8) is 0 Å². The first-order chi connectivity index (χ1) is 12.9. The highest BCUT2D eigenvalue weighted by Gasteiger charge is 2.25. The van der Waals surface area contributed by atoms with Crippen LogP contribution in [0.2, 0.25) is 0 Å². The van der Waals surface area contributed by atoms with Gasteiger partial charge in [0, 0.05) is 51.9 Å². The lowest BCUT2D eigenvalue weighted by molar-refractivity contribution is -0.121. The van der Waals surface area contributed by atoms with Crippen LogP contribution in [0.15, 0.2) is 4.99 Å². The topological polar surface area (TPSA) is 98.3 Å². The Balaban J connectivity index is 0.00000784. The predicted molar refractivity (Wildman–Crippen MR) is 127 cm³/mol. The van der Waals surface area contributed by atoms with Gasteiger partial charge < -0.3 is 25.6 Å². The van der Waals surface area contributed by atoms with Gasteiger partial charge in [0.05, 0.1) is 6.54 Å². The fourth-order valence-corrected chi connectivity index (χ4v) is 2.66. The lowest BCUT2D eigenvalue weighted by atomic mass is 10.1. The lowest BCUT2D eigenvalue weighted by Gasteiger charge is -2.35. The molecule has 1 aliphatic rings. The fraction of sp³-hybridized carbons (Fsp3) is 0.842. The number of rotatable bonds is 5. The summed E-state index contributed by atoms with van der Waals surface area (Å²) in [5, 5.41) is 9.12. The van der Waals surface area contributed by atoms with Crippen molar-refractivity contribution in [2.75, 3.05) is 52.9 Å². The summed E-state index contributed by atoms with van der Waals surface area (Å²) >= 11 is 0. The van der Waals surface area contributed by atoms with Gasteiger partial charge in [-0.3, -0.25) is 14.7 Å². The summed E-state index contributed by atoms with van der Waals surface area (Å²) in [5.74, 6) is 0.519. The molecule has 9 nitrogen and oxygen atoms in total. The molecule has 1 aliphatic heterocycles. The molecule has 0 bridgehead atoms. The lowest BCUT2D eigenvalue weighted by Crippen LogP contribution is -2.52. The molecule has 1 fully saturated rings. The molecular formula is C19H39IN6O3. The summed E-state index contributed by atoms with van der Waals surface area (Å²) in [6.07, 6.45) is -0.247. The van der Waals surface area contributed by atoms with E-state index in [0.29, 0.717) is 25.6 Å². The van der Waals surface area contributed by atoms with Gasteiger partial charge in [-0.25, -0.2) is 4.79 Å². The molecule has 1 heterocycles. The SMILES string of the molecule is CN=C(NCCN1CCN(C(=O)OC(C)(C)C)CC1)NCC(=O)NC(C)(C)C.I. The van der Waals surface area contributed by atoms with Crippen molar-refractivity contribution >= 4 is 41.9 Å². The van der Waals surface area contributed by atoms with E-state index in [0.717, 1.165) is 19.6 Å². The zero-order valence-corrected chi connectivity index (χ0v) is 21.3. The summed E-state index contributed by atoms with van der Waals surface area (Å²) in [6, 6.07) is 0. The van der Waals surface area contributed by atoms with Crippen molar-refractivity contribution in [3.8, 4) is 0 Å². The van der Waals surface area contributed by atoms with Crippen LogP contribution >= 0.6 is 24.0 Å². The fourth-order valence-electron chi connectivity index (χ4n) is 2.66. The third-order valence-corrected chi connectivity index (χ3v) is 3.90. The zero-order valence-electron chi connectivity index (χ0n) is 18.9. The van der Waals surface area contributed by atoms with E-state index in [2.05, 4.69) is 25.8 Å². The molecule has 0 radical (unpaired) electrons. The van der Waals surface area contributed by atoms with Crippen LogP contribution in [-0.2, 0) is 9.53 Å². The first-order valence-electron chi connectivity index (χ1n) is 9.85. The predicted octanol–water partition coefficient (Wildman–Crippen LogP) is 1.24. The summed E-state index contributed by atoms with van der Waals surface area (Å²) in [5.41, 5.74) is -0.720. The molecule has 0 unspecified atom stereocenters. The van der Waals surface area contributed by atoms with Crippen LogP contribution in [0.25, 0.3) is 0 Å². The van der Waals surface area contributed by atoms with Gasteiger partial charge in [0.1, 0.15) is 5.60 Å². The highest BCUT2D eigenvalue weighted by Crippen LogP contribution is 2.11. The van der Waals surface area contributed by atoms with Gasteiger partial charge in [-0.2, -0.15) is 0 Å². The monoisotopic (exact) mass is 526 g/mol. The van der Waals surface area contributed by atoms with Crippen LogP contribution in [0.4, 0.5) is 4.79 Å². The summed E-state index contributed by atoms with van der Waals surface area (Å²) < 4.78 is 5.42. The largest absolute Gasteiger partial charge is 0.444 e. The van der Waals surface area contributed by atoms with Gasteiger partial charge in [-0.05, 0) is 41.5 Å². The van der Waals surface area contributed by atoms with Crippen LogP contribution in [0.5, 0.6) is 0 Å². The molecule has 0 aromatic heterocycles. The van der Waals surface area contributed by atoms with E-state index in [1.54, 1.807) is 11.9 Å². The van der Waals surface area contributed by atoms with Crippen molar-refractivity contribution in [1.82, 2.24) is 25.8 Å². The van der Waals surface area contributed by atoms with E-state index in [1.165, 1.54) is 0 Å². The minimum Gasteiger partial charge on any atom is -0.444 e. The maximum atomic E-state index is 12.1. The summed E-state index contributed by atoms with van der Waals surface area (Å²) in [6.45, 7) is 16.1. The van der Waals surface area contributed by atoms with Crippen molar-refractivity contribution in [2.45, 2.75) is 52.7 Å². The summed E-state index contributed by atoms with van der Waals surface area (Å²) in [4.78, 5) is 32.1. The number of aliphatic imine (C=N–C) groups is 1. The number of ether oxygens (including phenoxy) is 1. The molecule has 0 aliphatic carbocycles. The van der Waals surface area contributed by atoms with E-state index < -0.39 is 5.60 Å². The number of hydrogen-bond acceptors (Lipinski definition) is 5. The van der Waals surface area contributed by atoms with Crippen LogP contribution in [0.1, 0.15) is 41.5 Å². The van der Waals surface area contributed by atoms with Crippen LogP contribution in [0, 0.1) is 0 Å². The molecular weight excluding hydrogens is 487 g/mol. The Morgan fingerprint density at radius 3 is 2.07 bits per heavy atom. The van der Waals surface area contributed by atoms with Crippen molar-refractivity contribution in [3.05, 3.63) is 0 Å². The number of piperazine rings is 1. The second kappa shape index (κ2) is 12.4. The molecule has 0 saturated carbocycles. The number of guanidine groups is 1. The number of nitrogens with one attached hydrogen (secondary N) is 3. The Morgan fingerprint density at radius 1 is 1.00 bits per heavy atom. The molecule has 170 valence electrons. The van der Waals surface area contributed by atoms with Gasteiger partial charge in [0.2, 0.25) is 5.91 Å². The maximum Gasteiger partial charge on any atom is 0.410 e. The highest BCUT2D eigenvalue weighted by molar-refractivity contribution is 14.0. The van der Waals surface area contributed by atoms with Gasteiger partial charge in [-0.1, -0.05) is 0 Å². The Bertz CT molecular complexity index is 549. The highest BCUT2D eigenvalue weighted by atomic mass is 127. The van der Waals surface area contributed by atoms with Gasteiger partial charge >= 0.3 is 6.09 Å². The van der Waals surface area contributed by atoms with Crippen molar-refractivity contribution in [1.29, 1.82) is 0 Å². The smallest absolute Gasteiger partial charge is 0.410 e. The Kier molecular flexibility index (Phi) is 11.9. The standard InChI is InChI=1S/C19H38N6O3.HI/c1-18(2,3)23-15(26)14-22-16(20-7)21-8-9-24-10-12-25(13-11-24)17(27)28-19(4,5)6;/h8-14H2,1-7H3,(H,23,26)(H2,20,21,22);1H. The molecule has 2 amide bonds. The Hall–Kier alpha value is -1.30. The second-order valence-corrected chi connectivity index (χ2v) is 8.96. The van der Waals surface area contributed by atoms with E-state index in [9.17, 15) is 9.59 Å². The number of carbonyl (C=O) groups excluding carboxylic acids is 2. The average Bonchev–Trinajstić information content (AvgIpc) is 2.55. The van der Waals surface area contributed by atoms with E-state index in [1.807, 2.05) is 41.5 Å². The maximum absolute atomic E-state index is 12.1. The molecule has 0 spiro atoms. The van der Waals surface area contributed by atoms with Crippen LogP contribution in [0.3, 0.4) is 0 Å². The van der Waals surface area contributed by atoms with E-state index in [4.69, 9.17) is 4.74 Å². The number of amides is 2. The normalized spacial score (nSPS) is 16.0. The first kappa shape index (κ1) is 27.7. The van der Waals surface area contributed by atoms with E-state index >= 15 is 0 Å². The number of carbonyl (C=O) groups is 2. The molecule has 1 rings (SSSR count). The molecule has 0 aromatic rings. The van der Waals surface area contributed by atoms with Gasteiger partial charge in [-0.15, -0.1) is 24.0 Å². The minimum atomic E-state index is -0.467.